The van der Waals surface area contributed by atoms with Gasteiger partial charge in [-0.1, -0.05) is 0 Å². The standard InChI is InChI=1S/C13H14N4O2/c1-9-7-11(12(18)19)16-13(15-9)17(2)8-10-3-5-14-6-4-10/h3-7H,8H2,1-2H3,(H,18,19). The van der Waals surface area contributed by atoms with E-state index >= 15 is 0 Å². The lowest BCUT2D eigenvalue weighted by Gasteiger charge is -2.17. The Kier molecular flexibility index (Phi) is 3.70. The van der Waals surface area contributed by atoms with Crippen LogP contribution in [0.25, 0.3) is 0 Å². The molecule has 0 atom stereocenters. The van der Waals surface area contributed by atoms with Crippen LogP contribution in [0, 0.1) is 6.92 Å². The summed E-state index contributed by atoms with van der Waals surface area (Å²) in [6.45, 7) is 2.34. The van der Waals surface area contributed by atoms with E-state index in [1.165, 1.54) is 6.07 Å². The van der Waals surface area contributed by atoms with Gasteiger partial charge < -0.3 is 10.0 Å². The van der Waals surface area contributed by atoms with Crippen LogP contribution in [0.15, 0.2) is 30.6 Å². The molecule has 6 nitrogen and oxygen atoms in total. The van der Waals surface area contributed by atoms with Crippen molar-refractivity contribution in [3.63, 3.8) is 0 Å². The molecule has 0 aliphatic rings. The van der Waals surface area contributed by atoms with Crippen LogP contribution in [0.5, 0.6) is 0 Å². The molecule has 2 aromatic heterocycles. The van der Waals surface area contributed by atoms with Gasteiger partial charge in [0.2, 0.25) is 5.95 Å². The summed E-state index contributed by atoms with van der Waals surface area (Å²) in [6.07, 6.45) is 3.42. The monoisotopic (exact) mass is 258 g/mol. The first kappa shape index (κ1) is 12.9. The zero-order chi connectivity index (χ0) is 13.8. The minimum Gasteiger partial charge on any atom is -0.477 e. The second-order valence-corrected chi connectivity index (χ2v) is 4.21. The van der Waals surface area contributed by atoms with Crippen molar-refractivity contribution in [1.82, 2.24) is 15.0 Å². The number of anilines is 1. The van der Waals surface area contributed by atoms with Crippen molar-refractivity contribution >= 4 is 11.9 Å². The summed E-state index contributed by atoms with van der Waals surface area (Å²) < 4.78 is 0. The smallest absolute Gasteiger partial charge is 0.354 e. The quantitative estimate of drug-likeness (QED) is 0.895. The molecule has 0 saturated carbocycles. The summed E-state index contributed by atoms with van der Waals surface area (Å²) in [5.41, 5.74) is 1.69. The first-order valence-electron chi connectivity index (χ1n) is 5.75. The van der Waals surface area contributed by atoms with Crippen molar-refractivity contribution in [3.8, 4) is 0 Å². The van der Waals surface area contributed by atoms with E-state index in [-0.39, 0.29) is 5.69 Å². The normalized spacial score (nSPS) is 10.2. The average Bonchev–Trinajstić information content (AvgIpc) is 2.39. The van der Waals surface area contributed by atoms with Gasteiger partial charge in [0.1, 0.15) is 0 Å². The third-order valence-corrected chi connectivity index (χ3v) is 2.57. The van der Waals surface area contributed by atoms with Crippen LogP contribution in [0.4, 0.5) is 5.95 Å². The Hall–Kier alpha value is -2.50. The average molecular weight is 258 g/mol. The number of carboxylic acid groups (broad SMARTS) is 1. The maximum absolute atomic E-state index is 11.0. The Morgan fingerprint density at radius 3 is 2.63 bits per heavy atom. The van der Waals surface area contributed by atoms with Gasteiger partial charge in [0.05, 0.1) is 0 Å². The number of rotatable bonds is 4. The number of carboxylic acids is 1. The Morgan fingerprint density at radius 1 is 1.32 bits per heavy atom. The van der Waals surface area contributed by atoms with Crippen LogP contribution in [0.2, 0.25) is 0 Å². The second-order valence-electron chi connectivity index (χ2n) is 4.21. The molecule has 0 unspecified atom stereocenters. The van der Waals surface area contributed by atoms with Gasteiger partial charge in [0, 0.05) is 31.7 Å². The van der Waals surface area contributed by atoms with Crippen LogP contribution in [-0.4, -0.2) is 33.1 Å². The van der Waals surface area contributed by atoms with Crippen molar-refractivity contribution in [2.45, 2.75) is 13.5 Å². The van der Waals surface area contributed by atoms with Gasteiger partial charge in [0.25, 0.3) is 0 Å². The van der Waals surface area contributed by atoms with E-state index in [0.717, 1.165) is 5.56 Å². The first-order valence-corrected chi connectivity index (χ1v) is 5.75. The molecule has 19 heavy (non-hydrogen) atoms. The lowest BCUT2D eigenvalue weighted by atomic mass is 10.2. The van der Waals surface area contributed by atoms with E-state index in [2.05, 4.69) is 15.0 Å². The number of hydrogen-bond acceptors (Lipinski definition) is 5. The first-order chi connectivity index (χ1) is 9.06. The molecule has 0 fully saturated rings. The molecule has 1 N–H and O–H groups in total. The highest BCUT2D eigenvalue weighted by molar-refractivity contribution is 5.85. The Bertz CT molecular complexity index is 586. The number of aryl methyl sites for hydroxylation is 1. The van der Waals surface area contributed by atoms with Gasteiger partial charge in [-0.15, -0.1) is 0 Å². The van der Waals surface area contributed by atoms with Crippen LogP contribution in [-0.2, 0) is 6.54 Å². The van der Waals surface area contributed by atoms with E-state index < -0.39 is 5.97 Å². The molecule has 98 valence electrons. The summed E-state index contributed by atoms with van der Waals surface area (Å²) in [5, 5.41) is 8.99. The van der Waals surface area contributed by atoms with E-state index in [1.54, 1.807) is 24.2 Å². The highest BCUT2D eigenvalue weighted by atomic mass is 16.4. The summed E-state index contributed by atoms with van der Waals surface area (Å²) in [5.74, 6) is -0.654. The zero-order valence-electron chi connectivity index (χ0n) is 10.7. The summed E-state index contributed by atoms with van der Waals surface area (Å²) in [4.78, 5) is 25.0. The number of aromatic carboxylic acids is 1. The van der Waals surface area contributed by atoms with E-state index in [0.29, 0.717) is 18.2 Å². The number of pyridine rings is 1. The van der Waals surface area contributed by atoms with Crippen LogP contribution in [0.1, 0.15) is 21.7 Å². The SMILES string of the molecule is Cc1cc(C(=O)O)nc(N(C)Cc2ccncc2)n1. The van der Waals surface area contributed by atoms with Crippen LogP contribution < -0.4 is 4.90 Å². The summed E-state index contributed by atoms with van der Waals surface area (Å²) >= 11 is 0. The molecule has 0 bridgehead atoms. The molecule has 2 heterocycles. The zero-order valence-corrected chi connectivity index (χ0v) is 10.7. The number of aromatic nitrogens is 3. The van der Waals surface area contributed by atoms with Crippen LogP contribution >= 0.6 is 0 Å². The van der Waals surface area contributed by atoms with E-state index in [1.807, 2.05) is 19.2 Å². The molecule has 2 aromatic rings. The molecule has 0 saturated heterocycles. The summed E-state index contributed by atoms with van der Waals surface area (Å²) in [7, 11) is 1.82. The predicted molar refractivity (Wildman–Crippen MR) is 70.1 cm³/mol. The topological polar surface area (TPSA) is 79.2 Å². The number of nitrogens with zero attached hydrogens (tertiary/aromatic N) is 4. The molecule has 2 rings (SSSR count). The van der Waals surface area contributed by atoms with Crippen molar-refractivity contribution in [3.05, 3.63) is 47.5 Å². The highest BCUT2D eigenvalue weighted by Gasteiger charge is 2.11. The van der Waals surface area contributed by atoms with Crippen molar-refractivity contribution < 1.29 is 9.90 Å². The lowest BCUT2D eigenvalue weighted by Crippen LogP contribution is -2.20. The molecule has 0 aliphatic heterocycles. The largest absolute Gasteiger partial charge is 0.477 e. The highest BCUT2D eigenvalue weighted by Crippen LogP contribution is 2.12. The fourth-order valence-electron chi connectivity index (χ4n) is 1.67. The van der Waals surface area contributed by atoms with Gasteiger partial charge in [-0.05, 0) is 30.7 Å². The molecular weight excluding hydrogens is 244 g/mol. The van der Waals surface area contributed by atoms with Gasteiger partial charge in [-0.3, -0.25) is 4.98 Å². The predicted octanol–water partition coefficient (Wildman–Crippen LogP) is 1.51. The van der Waals surface area contributed by atoms with Gasteiger partial charge in [-0.2, -0.15) is 0 Å². The molecule has 0 aliphatic carbocycles. The lowest BCUT2D eigenvalue weighted by molar-refractivity contribution is 0.0690. The van der Waals surface area contributed by atoms with Gasteiger partial charge in [-0.25, -0.2) is 14.8 Å². The van der Waals surface area contributed by atoms with Crippen molar-refractivity contribution in [2.75, 3.05) is 11.9 Å². The van der Waals surface area contributed by atoms with Gasteiger partial charge >= 0.3 is 5.97 Å². The molecule has 6 heteroatoms. The molecule has 0 spiro atoms. The minimum atomic E-state index is -1.05. The fourth-order valence-corrected chi connectivity index (χ4v) is 1.67. The van der Waals surface area contributed by atoms with Crippen molar-refractivity contribution in [1.29, 1.82) is 0 Å². The minimum absolute atomic E-state index is 0.00378. The molecule has 0 radical (unpaired) electrons. The Balaban J connectivity index is 2.24. The van der Waals surface area contributed by atoms with Crippen LogP contribution in [0.3, 0.4) is 0 Å². The number of carbonyl (C=O) groups is 1. The Morgan fingerprint density at radius 2 is 2.00 bits per heavy atom. The molecule has 0 aromatic carbocycles. The third-order valence-electron chi connectivity index (χ3n) is 2.57. The summed E-state index contributed by atoms with van der Waals surface area (Å²) in [6, 6.07) is 5.24. The number of hydrogen-bond donors (Lipinski definition) is 1. The molecule has 0 amide bonds. The van der Waals surface area contributed by atoms with E-state index in [4.69, 9.17) is 5.11 Å². The second kappa shape index (κ2) is 5.43. The van der Waals surface area contributed by atoms with E-state index in [9.17, 15) is 4.79 Å². The maximum Gasteiger partial charge on any atom is 0.354 e. The fraction of sp³-hybridized carbons (Fsp3) is 0.231. The third kappa shape index (κ3) is 3.25. The van der Waals surface area contributed by atoms with Gasteiger partial charge in [0.15, 0.2) is 5.69 Å². The molecular formula is C13H14N4O2. The Labute approximate surface area is 110 Å². The van der Waals surface area contributed by atoms with Crippen molar-refractivity contribution in [2.24, 2.45) is 0 Å². The maximum atomic E-state index is 11.0.